The van der Waals surface area contributed by atoms with Gasteiger partial charge in [-0.05, 0) is 61.8 Å². The maximum Gasteiger partial charge on any atom is 0.340 e. The van der Waals surface area contributed by atoms with Crippen molar-refractivity contribution in [3.8, 4) is 0 Å². The summed E-state index contributed by atoms with van der Waals surface area (Å²) in [6.45, 7) is 13.3. The summed E-state index contributed by atoms with van der Waals surface area (Å²) in [5.74, 6) is -4.01. The van der Waals surface area contributed by atoms with Gasteiger partial charge in [0.05, 0.1) is 59.4 Å². The van der Waals surface area contributed by atoms with Crippen LogP contribution in [0.15, 0.2) is 114 Å². The van der Waals surface area contributed by atoms with Crippen LogP contribution in [0.2, 0.25) is 0 Å². The van der Waals surface area contributed by atoms with Crippen molar-refractivity contribution in [2.45, 2.75) is 20.8 Å². The van der Waals surface area contributed by atoms with Gasteiger partial charge in [-0.1, -0.05) is 25.3 Å². The van der Waals surface area contributed by atoms with E-state index in [1.807, 2.05) is 6.92 Å². The second kappa shape index (κ2) is 11.4. The number of H-pyrrole nitrogens is 1. The number of aliphatic imine (C=N–C) groups is 3. The van der Waals surface area contributed by atoms with E-state index in [0.717, 1.165) is 17.2 Å². The zero-order valence-corrected chi connectivity index (χ0v) is 26.3. The Morgan fingerprint density at radius 3 is 2.28 bits per heavy atom. The molecule has 1 atom stereocenters. The first-order valence-corrected chi connectivity index (χ1v) is 14.5. The maximum absolute atomic E-state index is 13.2. The topological polar surface area (TPSA) is 163 Å². The molecule has 11 heteroatoms. The lowest BCUT2D eigenvalue weighted by Gasteiger charge is -2.14. The second-order valence-electron chi connectivity index (χ2n) is 11.2. The largest absolute Gasteiger partial charge is 0.510 e. The summed E-state index contributed by atoms with van der Waals surface area (Å²) < 4.78 is 10.2. The molecule has 3 N–H and O–H groups in total. The maximum atomic E-state index is 13.2. The van der Waals surface area contributed by atoms with Crippen molar-refractivity contribution in [2.24, 2.45) is 20.9 Å². The zero-order valence-electron chi connectivity index (χ0n) is 26.3. The van der Waals surface area contributed by atoms with E-state index in [4.69, 9.17) is 24.5 Å². The van der Waals surface area contributed by atoms with Crippen LogP contribution in [0.5, 0.6) is 0 Å². The van der Waals surface area contributed by atoms with Crippen LogP contribution in [0.3, 0.4) is 0 Å². The molecular formula is C36H30N4O7. The fourth-order valence-corrected chi connectivity index (χ4v) is 6.34. The van der Waals surface area contributed by atoms with Crippen molar-refractivity contribution in [2.75, 3.05) is 14.2 Å². The van der Waals surface area contributed by atoms with E-state index in [9.17, 15) is 24.6 Å². The number of esters is 2. The minimum atomic E-state index is -1.26. The number of hydrogen-bond donors (Lipinski definition) is 3. The lowest BCUT2D eigenvalue weighted by Crippen LogP contribution is -2.20. The number of carboxylic acid groups (broad SMARTS) is 1. The van der Waals surface area contributed by atoms with E-state index in [2.05, 4.69) is 18.1 Å². The second-order valence-corrected chi connectivity index (χ2v) is 11.2. The molecule has 0 unspecified atom stereocenters. The summed E-state index contributed by atoms with van der Waals surface area (Å²) >= 11 is 0. The number of aliphatic hydroxyl groups excluding tert-OH is 1. The van der Waals surface area contributed by atoms with Crippen LogP contribution in [0, 0.1) is 5.92 Å². The first-order valence-electron chi connectivity index (χ1n) is 14.5. The summed E-state index contributed by atoms with van der Waals surface area (Å²) in [6.07, 6.45) is 10.8. The van der Waals surface area contributed by atoms with Crippen molar-refractivity contribution < 1.29 is 34.1 Å². The number of carbonyl (C=O) groups is 3. The van der Waals surface area contributed by atoms with Gasteiger partial charge in [-0.25, -0.2) is 24.6 Å². The van der Waals surface area contributed by atoms with Gasteiger partial charge in [0.2, 0.25) is 0 Å². The fourth-order valence-electron chi connectivity index (χ4n) is 6.34. The number of ether oxygens (including phenoxy) is 2. The van der Waals surface area contributed by atoms with Crippen LogP contribution in [-0.4, -0.2) is 64.5 Å². The minimum Gasteiger partial charge on any atom is -0.510 e. The number of rotatable bonds is 6. The molecule has 11 nitrogen and oxygen atoms in total. The quantitative estimate of drug-likeness (QED) is 0.317. The van der Waals surface area contributed by atoms with Gasteiger partial charge in [-0.15, -0.1) is 0 Å². The van der Waals surface area contributed by atoms with Crippen LogP contribution in [0.4, 0.5) is 0 Å². The molecule has 1 aromatic rings. The molecule has 1 aromatic heterocycles. The van der Waals surface area contributed by atoms with E-state index < -0.39 is 23.8 Å². The van der Waals surface area contributed by atoms with Gasteiger partial charge in [0.15, 0.2) is 0 Å². The Balaban J connectivity index is 1.80. The van der Waals surface area contributed by atoms with Crippen molar-refractivity contribution in [1.82, 2.24) is 4.98 Å². The van der Waals surface area contributed by atoms with Gasteiger partial charge < -0.3 is 24.7 Å². The molecule has 0 saturated heterocycles. The van der Waals surface area contributed by atoms with Gasteiger partial charge in [0, 0.05) is 39.3 Å². The van der Waals surface area contributed by atoms with Crippen molar-refractivity contribution >= 4 is 53.3 Å². The van der Waals surface area contributed by atoms with Crippen molar-refractivity contribution in [3.63, 3.8) is 0 Å². The Kier molecular flexibility index (Phi) is 7.47. The first-order chi connectivity index (χ1) is 22.4. The number of aliphatic carboxylic acids is 1. The van der Waals surface area contributed by atoms with Crippen molar-refractivity contribution in [3.05, 3.63) is 121 Å². The number of aromatic amines is 1. The molecule has 0 aromatic carbocycles. The summed E-state index contributed by atoms with van der Waals surface area (Å²) in [5, 5.41) is 22.0. The number of fused-ring (bicyclic) bond motifs is 5. The standard InChI is InChI=1S/C36H30N4O7/c1-8-18-15(3)21-12-22-16(4)20(10-11-27(41)42)32(39-22)30-31(36(45)47-7)34(43)28-17(5)23(40-33(28)30)13-25-19(9-2)29(35(44)46-6)26(38-25)14-24(18)37-21/h8-14,31,38,43H,1-2H2,3-7H3,(H,41,42)/b11-10+,21-12?,25-13?,26-14?,32-30?/t31-/m1/s1. The Labute approximate surface area is 269 Å². The number of aromatic nitrogens is 1. The monoisotopic (exact) mass is 630 g/mol. The highest BCUT2D eigenvalue weighted by molar-refractivity contribution is 6.27. The lowest BCUT2D eigenvalue weighted by atomic mass is 9.93. The van der Waals surface area contributed by atoms with Crippen LogP contribution < -0.4 is 10.7 Å². The van der Waals surface area contributed by atoms with E-state index in [-0.39, 0.29) is 22.6 Å². The molecule has 4 aliphatic heterocycles. The Morgan fingerprint density at radius 1 is 0.894 bits per heavy atom. The molecule has 0 saturated carbocycles. The molecule has 0 spiro atoms. The van der Waals surface area contributed by atoms with E-state index in [1.54, 1.807) is 38.2 Å². The molecule has 8 bridgehead atoms. The third-order valence-electron chi connectivity index (χ3n) is 8.70. The Bertz CT molecular complexity index is 2240. The number of nitrogens with one attached hydrogen (secondary N) is 1. The molecule has 6 rings (SSSR count). The number of aliphatic hydroxyl groups is 1. The van der Waals surface area contributed by atoms with Crippen LogP contribution in [0.25, 0.3) is 18.2 Å². The average Bonchev–Trinajstić information content (AvgIpc) is 3.79. The molecule has 5 heterocycles. The first kappa shape index (κ1) is 30.9. The van der Waals surface area contributed by atoms with Crippen molar-refractivity contribution in [1.29, 1.82) is 0 Å². The van der Waals surface area contributed by atoms with Gasteiger partial charge in [0.1, 0.15) is 11.7 Å². The molecule has 0 fully saturated rings. The molecule has 1 aliphatic carbocycles. The number of nitrogens with zero attached hydrogens (tertiary/aromatic N) is 3. The smallest absolute Gasteiger partial charge is 0.340 e. The van der Waals surface area contributed by atoms with Gasteiger partial charge in [0.25, 0.3) is 0 Å². The van der Waals surface area contributed by atoms with Crippen LogP contribution >= 0.6 is 0 Å². The molecular weight excluding hydrogens is 600 g/mol. The highest BCUT2D eigenvalue weighted by atomic mass is 16.5. The molecule has 0 radical (unpaired) electrons. The Hall–Kier alpha value is -6.10. The molecule has 47 heavy (non-hydrogen) atoms. The molecule has 5 aliphatic rings. The summed E-state index contributed by atoms with van der Waals surface area (Å²) in [7, 11) is 2.51. The van der Waals surface area contributed by atoms with Crippen LogP contribution in [-0.2, 0) is 19.1 Å². The zero-order chi connectivity index (χ0) is 33.9. The molecule has 0 amide bonds. The Morgan fingerprint density at radius 2 is 1.64 bits per heavy atom. The predicted octanol–water partition coefficient (Wildman–Crippen LogP) is 3.87. The molecule has 236 valence electrons. The summed E-state index contributed by atoms with van der Waals surface area (Å²) in [6, 6.07) is 0. The minimum absolute atomic E-state index is 0.246. The van der Waals surface area contributed by atoms with Crippen LogP contribution in [0.1, 0.15) is 36.7 Å². The summed E-state index contributed by atoms with van der Waals surface area (Å²) in [4.78, 5) is 55.9. The predicted molar refractivity (Wildman–Crippen MR) is 178 cm³/mol. The third-order valence-corrected chi connectivity index (χ3v) is 8.70. The third kappa shape index (κ3) is 4.66. The van der Waals surface area contributed by atoms with Gasteiger partial charge in [-0.3, -0.25) is 4.79 Å². The summed E-state index contributed by atoms with van der Waals surface area (Å²) in [5.41, 5.74) is 7.01. The number of carbonyl (C=O) groups excluding carboxylic acids is 2. The highest BCUT2D eigenvalue weighted by Gasteiger charge is 2.47. The fraction of sp³-hybridized carbons (Fsp3) is 0.167. The number of methoxy groups -OCH3 is 2. The SMILES string of the molecule is C=CC1=C(C)C2=CC3=NC(=C4C5=NC(=C(C)C5=C(O)[C@@H]4C(=O)OC)C=c4[nH]c(c(C(=O)OC)c4C=C)=CC1=N2)C(/C=C/C(=O)O)=C3C. The highest BCUT2D eigenvalue weighted by Crippen LogP contribution is 2.47. The van der Waals surface area contributed by atoms with E-state index in [0.29, 0.717) is 67.1 Å². The lowest BCUT2D eigenvalue weighted by molar-refractivity contribution is -0.143. The van der Waals surface area contributed by atoms with E-state index >= 15 is 0 Å². The van der Waals surface area contributed by atoms with Gasteiger partial charge >= 0.3 is 17.9 Å². The normalized spacial score (nSPS) is 19.9. The van der Waals surface area contributed by atoms with Gasteiger partial charge in [-0.2, -0.15) is 0 Å². The average molecular weight is 631 g/mol. The number of allylic oxidation sites excluding steroid dienone is 9. The number of hydrogen-bond acceptors (Lipinski definition) is 9. The van der Waals surface area contributed by atoms with E-state index in [1.165, 1.54) is 26.4 Å². The number of carboxylic acids is 1.